The van der Waals surface area contributed by atoms with Gasteiger partial charge in [0, 0.05) is 36.0 Å². The van der Waals surface area contributed by atoms with Crippen molar-refractivity contribution in [3.05, 3.63) is 35.4 Å². The van der Waals surface area contributed by atoms with E-state index < -0.39 is 11.5 Å². The molecule has 2 aliphatic heterocycles. The predicted octanol–water partition coefficient (Wildman–Crippen LogP) is 4.04. The van der Waals surface area contributed by atoms with E-state index in [-0.39, 0.29) is 23.4 Å². The van der Waals surface area contributed by atoms with Gasteiger partial charge in [0.15, 0.2) is 5.78 Å². The Morgan fingerprint density at radius 3 is 2.33 bits per heavy atom. The van der Waals surface area contributed by atoms with E-state index in [2.05, 4.69) is 10.2 Å². The number of nitrogens with zero attached hydrogens (tertiary/aromatic N) is 2. The van der Waals surface area contributed by atoms with Gasteiger partial charge in [-0.3, -0.25) is 19.3 Å². The molecule has 2 saturated heterocycles. The summed E-state index contributed by atoms with van der Waals surface area (Å²) in [6, 6.07) is 7.14. The third-order valence-electron chi connectivity index (χ3n) is 5.47. The summed E-state index contributed by atoms with van der Waals surface area (Å²) in [4.78, 5) is 41.4. The minimum absolute atomic E-state index is 0.0643. The molecule has 162 valence electrons. The summed E-state index contributed by atoms with van der Waals surface area (Å²) in [5.74, 6) is -0.252. The minimum atomic E-state index is -0.701. The number of carbonyl (C=O) groups excluding carboxylic acids is 3. The Hall–Kier alpha value is -2.28. The normalized spacial score (nSPS) is 19.9. The molecule has 2 fully saturated rings. The van der Waals surface area contributed by atoms with Crippen molar-refractivity contribution in [1.29, 1.82) is 0 Å². The molecule has 1 aromatic rings. The SMILES string of the molecule is C[C@@H](C(=O)Nc1ccc(N2CCCCC2)cc1)N1C(=O)CS/C1=C\C(=O)C(C)(C)C. The van der Waals surface area contributed by atoms with Gasteiger partial charge in [-0.2, -0.15) is 0 Å². The summed E-state index contributed by atoms with van der Waals surface area (Å²) in [5.41, 5.74) is 1.33. The fourth-order valence-corrected chi connectivity index (χ4v) is 4.52. The molecule has 30 heavy (non-hydrogen) atoms. The number of thioether (sulfide) groups is 1. The van der Waals surface area contributed by atoms with Gasteiger partial charge in [0.1, 0.15) is 6.04 Å². The third-order valence-corrected chi connectivity index (χ3v) is 6.47. The van der Waals surface area contributed by atoms with Crippen LogP contribution in [-0.2, 0) is 14.4 Å². The zero-order chi connectivity index (χ0) is 21.9. The second-order valence-electron chi connectivity index (χ2n) is 8.91. The van der Waals surface area contributed by atoms with Crippen molar-refractivity contribution in [2.45, 2.75) is 53.0 Å². The van der Waals surface area contributed by atoms with Gasteiger partial charge < -0.3 is 10.2 Å². The smallest absolute Gasteiger partial charge is 0.247 e. The van der Waals surface area contributed by atoms with Crippen LogP contribution in [0, 0.1) is 5.41 Å². The van der Waals surface area contributed by atoms with Crippen LogP contribution in [-0.4, -0.2) is 47.4 Å². The van der Waals surface area contributed by atoms with E-state index in [1.165, 1.54) is 42.0 Å². The molecule has 2 amide bonds. The van der Waals surface area contributed by atoms with Crippen LogP contribution in [0.5, 0.6) is 0 Å². The molecule has 0 bridgehead atoms. The van der Waals surface area contributed by atoms with E-state index in [9.17, 15) is 14.4 Å². The molecule has 0 spiro atoms. The Morgan fingerprint density at radius 1 is 1.10 bits per heavy atom. The molecule has 2 heterocycles. The number of rotatable bonds is 5. The van der Waals surface area contributed by atoms with Crippen molar-refractivity contribution >= 4 is 40.7 Å². The number of anilines is 2. The molecular weight excluding hydrogens is 398 g/mol. The van der Waals surface area contributed by atoms with Crippen molar-refractivity contribution in [2.24, 2.45) is 5.41 Å². The average molecular weight is 430 g/mol. The van der Waals surface area contributed by atoms with Gasteiger partial charge >= 0.3 is 0 Å². The van der Waals surface area contributed by atoms with Gasteiger partial charge in [0.25, 0.3) is 0 Å². The second-order valence-corrected chi connectivity index (χ2v) is 9.90. The molecule has 2 aliphatic rings. The van der Waals surface area contributed by atoms with Gasteiger partial charge in [-0.1, -0.05) is 32.5 Å². The predicted molar refractivity (Wildman–Crippen MR) is 122 cm³/mol. The number of hydrogen-bond donors (Lipinski definition) is 1. The summed E-state index contributed by atoms with van der Waals surface area (Å²) >= 11 is 1.30. The quantitative estimate of drug-likeness (QED) is 0.716. The Kier molecular flexibility index (Phi) is 6.91. The molecule has 6 nitrogen and oxygen atoms in total. The van der Waals surface area contributed by atoms with Crippen molar-refractivity contribution in [1.82, 2.24) is 4.90 Å². The molecule has 3 rings (SSSR count). The lowest BCUT2D eigenvalue weighted by Gasteiger charge is -2.29. The highest BCUT2D eigenvalue weighted by Crippen LogP contribution is 2.32. The number of amides is 2. The maximum atomic E-state index is 12.8. The fraction of sp³-hybridized carbons (Fsp3) is 0.522. The molecule has 0 aliphatic carbocycles. The first-order chi connectivity index (χ1) is 14.2. The van der Waals surface area contributed by atoms with Crippen LogP contribution < -0.4 is 10.2 Å². The summed E-state index contributed by atoms with van der Waals surface area (Å²) < 4.78 is 0. The van der Waals surface area contributed by atoms with Crippen LogP contribution in [0.25, 0.3) is 0 Å². The molecular formula is C23H31N3O3S. The molecule has 0 radical (unpaired) electrons. The standard InChI is InChI=1S/C23H31N3O3S/c1-16(26-20(28)15-30-21(26)14-19(27)23(2,3)4)22(29)24-17-8-10-18(11-9-17)25-12-6-5-7-13-25/h8-11,14,16H,5-7,12-13,15H2,1-4H3,(H,24,29)/b21-14-/t16-/m0/s1. The first kappa shape index (κ1) is 22.4. The molecule has 0 saturated carbocycles. The van der Waals surface area contributed by atoms with E-state index in [1.807, 2.05) is 45.0 Å². The van der Waals surface area contributed by atoms with Crippen LogP contribution >= 0.6 is 11.8 Å². The Morgan fingerprint density at radius 2 is 1.73 bits per heavy atom. The topological polar surface area (TPSA) is 69.7 Å². The van der Waals surface area contributed by atoms with Gasteiger partial charge in [-0.05, 0) is 50.5 Å². The van der Waals surface area contributed by atoms with Gasteiger partial charge in [-0.15, -0.1) is 0 Å². The highest BCUT2D eigenvalue weighted by atomic mass is 32.2. The minimum Gasteiger partial charge on any atom is -0.372 e. The number of nitrogens with one attached hydrogen (secondary N) is 1. The highest BCUT2D eigenvalue weighted by molar-refractivity contribution is 8.04. The van der Waals surface area contributed by atoms with Gasteiger partial charge in [0.05, 0.1) is 10.8 Å². The van der Waals surface area contributed by atoms with Gasteiger partial charge in [-0.25, -0.2) is 0 Å². The maximum absolute atomic E-state index is 12.8. The molecule has 0 unspecified atom stereocenters. The summed E-state index contributed by atoms with van der Waals surface area (Å²) in [7, 11) is 0. The third kappa shape index (κ3) is 5.25. The zero-order valence-electron chi connectivity index (χ0n) is 18.2. The highest BCUT2D eigenvalue weighted by Gasteiger charge is 2.35. The van der Waals surface area contributed by atoms with Crippen molar-refractivity contribution in [3.63, 3.8) is 0 Å². The Bertz CT molecular complexity index is 836. The van der Waals surface area contributed by atoms with Crippen LogP contribution in [0.15, 0.2) is 35.4 Å². The van der Waals surface area contributed by atoms with Crippen LogP contribution in [0.2, 0.25) is 0 Å². The number of allylic oxidation sites excluding steroid dienone is 1. The number of ketones is 1. The zero-order valence-corrected chi connectivity index (χ0v) is 19.1. The summed E-state index contributed by atoms with van der Waals surface area (Å²) in [6.07, 6.45) is 5.21. The van der Waals surface area contributed by atoms with Crippen molar-refractivity contribution in [3.8, 4) is 0 Å². The first-order valence-corrected chi connectivity index (χ1v) is 11.5. The molecule has 1 aromatic carbocycles. The summed E-state index contributed by atoms with van der Waals surface area (Å²) in [6.45, 7) is 9.34. The Balaban J connectivity index is 1.67. The maximum Gasteiger partial charge on any atom is 0.247 e. The van der Waals surface area contributed by atoms with Crippen LogP contribution in [0.4, 0.5) is 11.4 Å². The monoisotopic (exact) mass is 429 g/mol. The average Bonchev–Trinajstić information content (AvgIpc) is 3.08. The van der Waals surface area contributed by atoms with Crippen LogP contribution in [0.3, 0.4) is 0 Å². The second kappa shape index (κ2) is 9.25. The first-order valence-electron chi connectivity index (χ1n) is 10.5. The lowest BCUT2D eigenvalue weighted by molar-refractivity contribution is -0.132. The lowest BCUT2D eigenvalue weighted by atomic mass is 9.91. The lowest BCUT2D eigenvalue weighted by Crippen LogP contribution is -2.42. The molecule has 7 heteroatoms. The molecule has 1 atom stereocenters. The van der Waals surface area contributed by atoms with E-state index in [0.29, 0.717) is 10.7 Å². The number of carbonyl (C=O) groups is 3. The Labute approximate surface area is 183 Å². The number of piperidine rings is 1. The van der Waals surface area contributed by atoms with E-state index >= 15 is 0 Å². The van der Waals surface area contributed by atoms with E-state index in [1.54, 1.807) is 6.92 Å². The number of benzene rings is 1. The van der Waals surface area contributed by atoms with Crippen molar-refractivity contribution in [2.75, 3.05) is 29.1 Å². The molecule has 1 N–H and O–H groups in total. The van der Waals surface area contributed by atoms with E-state index in [4.69, 9.17) is 0 Å². The van der Waals surface area contributed by atoms with E-state index in [0.717, 1.165) is 18.8 Å². The summed E-state index contributed by atoms with van der Waals surface area (Å²) in [5, 5.41) is 3.45. The van der Waals surface area contributed by atoms with Gasteiger partial charge in [0.2, 0.25) is 11.8 Å². The fourth-order valence-electron chi connectivity index (χ4n) is 3.52. The van der Waals surface area contributed by atoms with Crippen LogP contribution in [0.1, 0.15) is 47.0 Å². The van der Waals surface area contributed by atoms with Crippen molar-refractivity contribution < 1.29 is 14.4 Å². The molecule has 0 aromatic heterocycles. The largest absolute Gasteiger partial charge is 0.372 e. The number of hydrogen-bond acceptors (Lipinski definition) is 5.